The van der Waals surface area contributed by atoms with Gasteiger partial charge in [0, 0.05) is 12.4 Å². The normalized spacial score (nSPS) is 10.8. The third-order valence-corrected chi connectivity index (χ3v) is 2.44. The highest BCUT2D eigenvalue weighted by Gasteiger charge is 2.06. The number of halogens is 1. The molecule has 72 valence electrons. The minimum atomic E-state index is -0.121. The molecule has 3 nitrogen and oxygen atoms in total. The Kier molecular flexibility index (Phi) is 2.04. The number of benzene rings is 1. The van der Waals surface area contributed by atoms with Gasteiger partial charge in [-0.25, -0.2) is 4.68 Å². The van der Waals surface area contributed by atoms with Crippen LogP contribution in [0.1, 0.15) is 5.56 Å². The summed E-state index contributed by atoms with van der Waals surface area (Å²) in [6.45, 7) is 1.95. The van der Waals surface area contributed by atoms with Gasteiger partial charge in [-0.05, 0) is 19.1 Å². The first-order valence-electron chi connectivity index (χ1n) is 4.23. The fourth-order valence-corrected chi connectivity index (χ4v) is 1.69. The fraction of sp³-hybridized carbons (Fsp3) is 0.200. The van der Waals surface area contributed by atoms with Crippen LogP contribution in [-0.2, 0) is 7.05 Å². The van der Waals surface area contributed by atoms with Crippen molar-refractivity contribution >= 4 is 22.4 Å². The minimum Gasteiger partial charge on any atom is -0.267 e. The molecule has 1 aromatic carbocycles. The number of nitrogens with zero attached hydrogens (tertiary/aromatic N) is 2. The maximum absolute atomic E-state index is 11.6. The molecule has 0 aliphatic rings. The summed E-state index contributed by atoms with van der Waals surface area (Å²) in [7, 11) is 1.59. The minimum absolute atomic E-state index is 0.121. The topological polar surface area (TPSA) is 34.9 Å². The van der Waals surface area contributed by atoms with E-state index >= 15 is 0 Å². The van der Waals surface area contributed by atoms with Gasteiger partial charge in [-0.1, -0.05) is 23.2 Å². The van der Waals surface area contributed by atoms with Crippen LogP contribution in [0.4, 0.5) is 0 Å². The van der Waals surface area contributed by atoms with Crippen LogP contribution >= 0.6 is 11.6 Å². The molecule has 0 saturated carbocycles. The summed E-state index contributed by atoms with van der Waals surface area (Å²) in [5.41, 5.74) is 0.943. The average molecular weight is 209 g/mol. The Morgan fingerprint density at radius 1 is 1.36 bits per heavy atom. The molecule has 2 rings (SSSR count). The van der Waals surface area contributed by atoms with Gasteiger partial charge in [-0.15, -0.1) is 0 Å². The van der Waals surface area contributed by atoms with Crippen LogP contribution in [0.15, 0.2) is 23.0 Å². The molecule has 0 atom stereocenters. The highest BCUT2D eigenvalue weighted by atomic mass is 35.5. The first kappa shape index (κ1) is 9.21. The van der Waals surface area contributed by atoms with E-state index in [1.165, 1.54) is 4.68 Å². The van der Waals surface area contributed by atoms with Gasteiger partial charge in [0.15, 0.2) is 5.15 Å². The van der Waals surface area contributed by atoms with Crippen molar-refractivity contribution in [3.8, 4) is 0 Å². The molecule has 0 N–H and O–H groups in total. The van der Waals surface area contributed by atoms with Crippen LogP contribution < -0.4 is 5.56 Å². The maximum atomic E-state index is 11.6. The summed E-state index contributed by atoms with van der Waals surface area (Å²) in [5.74, 6) is 0. The number of fused-ring (bicyclic) bond motifs is 1. The molecule has 0 fully saturated rings. The van der Waals surface area contributed by atoms with Gasteiger partial charge in [0.05, 0.1) is 5.39 Å². The van der Waals surface area contributed by atoms with E-state index in [1.807, 2.05) is 19.1 Å². The number of hydrogen-bond donors (Lipinski definition) is 0. The zero-order chi connectivity index (χ0) is 10.3. The van der Waals surface area contributed by atoms with Crippen molar-refractivity contribution in [2.24, 2.45) is 7.05 Å². The van der Waals surface area contributed by atoms with Gasteiger partial charge in [-0.3, -0.25) is 4.79 Å². The molecule has 0 aliphatic heterocycles. The summed E-state index contributed by atoms with van der Waals surface area (Å²) in [5, 5.41) is 5.61. The largest absolute Gasteiger partial charge is 0.274 e. The predicted octanol–water partition coefficient (Wildman–Crippen LogP) is 1.90. The van der Waals surface area contributed by atoms with Crippen LogP contribution in [0, 0.1) is 6.92 Å². The third kappa shape index (κ3) is 1.30. The van der Waals surface area contributed by atoms with Crippen molar-refractivity contribution in [3.63, 3.8) is 0 Å². The van der Waals surface area contributed by atoms with E-state index in [2.05, 4.69) is 5.10 Å². The number of rotatable bonds is 0. The Morgan fingerprint density at radius 3 is 2.79 bits per heavy atom. The maximum Gasteiger partial charge on any atom is 0.274 e. The highest BCUT2D eigenvalue weighted by molar-refractivity contribution is 6.34. The third-order valence-electron chi connectivity index (χ3n) is 2.16. The molecule has 1 heterocycles. The molecular weight excluding hydrogens is 200 g/mol. The summed E-state index contributed by atoms with van der Waals surface area (Å²) in [6, 6.07) is 5.53. The van der Waals surface area contributed by atoms with Crippen molar-refractivity contribution in [2.45, 2.75) is 6.92 Å². The molecule has 0 unspecified atom stereocenters. The zero-order valence-corrected chi connectivity index (χ0v) is 8.67. The van der Waals surface area contributed by atoms with Crippen LogP contribution in [0.5, 0.6) is 0 Å². The first-order chi connectivity index (χ1) is 6.59. The predicted molar refractivity (Wildman–Crippen MR) is 56.7 cm³/mol. The van der Waals surface area contributed by atoms with Gasteiger partial charge < -0.3 is 0 Å². The monoisotopic (exact) mass is 208 g/mol. The van der Waals surface area contributed by atoms with E-state index in [0.717, 1.165) is 10.9 Å². The Morgan fingerprint density at radius 2 is 2.07 bits per heavy atom. The lowest BCUT2D eigenvalue weighted by Crippen LogP contribution is -2.19. The van der Waals surface area contributed by atoms with Crippen molar-refractivity contribution in [2.75, 3.05) is 0 Å². The highest BCUT2D eigenvalue weighted by Crippen LogP contribution is 2.18. The van der Waals surface area contributed by atoms with Crippen molar-refractivity contribution in [1.82, 2.24) is 9.78 Å². The molecule has 0 amide bonds. The number of hydrogen-bond acceptors (Lipinski definition) is 2. The Hall–Kier alpha value is -1.35. The van der Waals surface area contributed by atoms with Gasteiger partial charge in [0.1, 0.15) is 0 Å². The van der Waals surface area contributed by atoms with Crippen LogP contribution in [-0.4, -0.2) is 9.78 Å². The lowest BCUT2D eigenvalue weighted by Gasteiger charge is -2.03. The summed E-state index contributed by atoms with van der Waals surface area (Å²) < 4.78 is 1.25. The molecule has 0 aliphatic carbocycles. The van der Waals surface area contributed by atoms with E-state index < -0.39 is 0 Å². The van der Waals surface area contributed by atoms with Crippen molar-refractivity contribution in [1.29, 1.82) is 0 Å². The van der Waals surface area contributed by atoms with Crippen LogP contribution in [0.25, 0.3) is 10.8 Å². The second-order valence-electron chi connectivity index (χ2n) is 3.27. The lowest BCUT2D eigenvalue weighted by molar-refractivity contribution is 0.719. The molecule has 4 heteroatoms. The SMILES string of the molecule is Cc1ccc2c(=O)n(C)nc(Cl)c2c1. The molecular formula is C10H9ClN2O. The molecule has 2 aromatic rings. The number of aryl methyl sites for hydroxylation is 2. The van der Waals surface area contributed by atoms with Crippen LogP contribution in [0.2, 0.25) is 5.15 Å². The van der Waals surface area contributed by atoms with E-state index in [4.69, 9.17) is 11.6 Å². The van der Waals surface area contributed by atoms with E-state index in [0.29, 0.717) is 10.5 Å². The lowest BCUT2D eigenvalue weighted by atomic mass is 10.1. The van der Waals surface area contributed by atoms with E-state index in [1.54, 1.807) is 13.1 Å². The van der Waals surface area contributed by atoms with Gasteiger partial charge in [0.2, 0.25) is 0 Å². The number of aromatic nitrogens is 2. The summed E-state index contributed by atoms with van der Waals surface area (Å²) >= 11 is 5.94. The molecule has 0 radical (unpaired) electrons. The standard InChI is InChI=1S/C10H9ClN2O/c1-6-3-4-7-8(5-6)9(11)12-13(2)10(7)14/h3-5H,1-2H3. The molecule has 0 bridgehead atoms. The molecule has 14 heavy (non-hydrogen) atoms. The average Bonchev–Trinajstić information content (AvgIpc) is 2.14. The first-order valence-corrected chi connectivity index (χ1v) is 4.60. The molecule has 1 aromatic heterocycles. The van der Waals surface area contributed by atoms with Gasteiger partial charge in [-0.2, -0.15) is 5.10 Å². The summed E-state index contributed by atoms with van der Waals surface area (Å²) in [6.07, 6.45) is 0. The van der Waals surface area contributed by atoms with Crippen LogP contribution in [0.3, 0.4) is 0 Å². The van der Waals surface area contributed by atoms with Crippen molar-refractivity contribution < 1.29 is 0 Å². The van der Waals surface area contributed by atoms with E-state index in [-0.39, 0.29) is 5.56 Å². The second kappa shape index (κ2) is 3.10. The Balaban J connectivity index is 3.02. The smallest absolute Gasteiger partial charge is 0.267 e. The van der Waals surface area contributed by atoms with E-state index in [9.17, 15) is 4.79 Å². The van der Waals surface area contributed by atoms with Gasteiger partial charge >= 0.3 is 0 Å². The van der Waals surface area contributed by atoms with Crippen molar-refractivity contribution in [3.05, 3.63) is 39.3 Å². The quantitative estimate of drug-likeness (QED) is 0.663. The zero-order valence-electron chi connectivity index (χ0n) is 7.91. The fourth-order valence-electron chi connectivity index (χ4n) is 1.42. The molecule has 0 spiro atoms. The Labute approximate surface area is 85.9 Å². The Bertz CT molecular complexity index is 560. The second-order valence-corrected chi connectivity index (χ2v) is 3.63. The molecule has 0 saturated heterocycles. The van der Waals surface area contributed by atoms with Gasteiger partial charge in [0.25, 0.3) is 5.56 Å². The summed E-state index contributed by atoms with van der Waals surface area (Å²) in [4.78, 5) is 11.6.